The van der Waals surface area contributed by atoms with Crippen LogP contribution >= 0.6 is 0 Å². The van der Waals surface area contributed by atoms with Gasteiger partial charge >= 0.3 is 5.69 Å². The smallest absolute Gasteiger partial charge is 0.330 e. The van der Waals surface area contributed by atoms with E-state index in [-0.39, 0.29) is 13.2 Å². The van der Waals surface area contributed by atoms with Gasteiger partial charge in [0.25, 0.3) is 5.56 Å². The summed E-state index contributed by atoms with van der Waals surface area (Å²) in [7, 11) is -0.652. The lowest BCUT2D eigenvalue weighted by atomic mass is 9.96. The van der Waals surface area contributed by atoms with Crippen molar-refractivity contribution in [3.63, 3.8) is 0 Å². The molecule has 9 nitrogen and oxygen atoms in total. The number of aryl methyl sites for hydroxylation is 1. The molecule has 0 radical (unpaired) electrons. The van der Waals surface area contributed by atoms with Crippen molar-refractivity contribution in [2.24, 2.45) is 0 Å². The summed E-state index contributed by atoms with van der Waals surface area (Å²) in [5, 5.41) is 0. The number of hydrogen-bond acceptors (Lipinski definition) is 7. The number of rotatable bonds is 12. The normalized spacial score (nSPS) is 22.2. The van der Waals surface area contributed by atoms with Gasteiger partial charge in [0.05, 0.1) is 26.4 Å². The summed E-state index contributed by atoms with van der Waals surface area (Å²) in [6, 6.07) is 19.8. The first kappa shape index (κ1) is 29.1. The Balaban J connectivity index is 1.70. The van der Waals surface area contributed by atoms with Crippen LogP contribution in [-0.2, 0) is 36.6 Å². The van der Waals surface area contributed by atoms with E-state index >= 15 is 0 Å². The number of nitrogens with zero attached hydrogens (tertiary/aromatic N) is 1. The monoisotopic (exact) mass is 554 g/mol. The van der Waals surface area contributed by atoms with Gasteiger partial charge in [-0.15, -0.1) is 0 Å². The van der Waals surface area contributed by atoms with Crippen LogP contribution in [-0.4, -0.2) is 56.0 Å². The van der Waals surface area contributed by atoms with Crippen LogP contribution in [0.15, 0.2) is 76.4 Å². The molecule has 2 aromatic carbocycles. The van der Waals surface area contributed by atoms with Crippen LogP contribution in [0.2, 0.25) is 19.6 Å². The molecule has 0 saturated carbocycles. The maximum absolute atomic E-state index is 12.8. The number of hydrogen-bond donors (Lipinski definition) is 1. The maximum Gasteiger partial charge on any atom is 0.330 e. The van der Waals surface area contributed by atoms with Crippen LogP contribution in [0.1, 0.15) is 22.9 Å². The number of ether oxygens (including phenoxy) is 4. The zero-order valence-electron chi connectivity index (χ0n) is 23.2. The average Bonchev–Trinajstić information content (AvgIpc) is 3.23. The molecule has 0 amide bonds. The van der Waals surface area contributed by atoms with Gasteiger partial charge < -0.3 is 23.4 Å². The summed E-state index contributed by atoms with van der Waals surface area (Å²) in [5.41, 5.74) is 0.431. The highest BCUT2D eigenvalue weighted by Crippen LogP contribution is 2.39. The molecule has 3 aromatic rings. The van der Waals surface area contributed by atoms with Crippen LogP contribution in [0.4, 0.5) is 0 Å². The van der Waals surface area contributed by atoms with Crippen molar-refractivity contribution < 1.29 is 23.4 Å². The van der Waals surface area contributed by atoms with E-state index in [2.05, 4.69) is 24.6 Å². The van der Waals surface area contributed by atoms with Gasteiger partial charge in [0.2, 0.25) is 0 Å². The molecule has 0 aliphatic carbocycles. The molecule has 1 fully saturated rings. The first-order valence-corrected chi connectivity index (χ1v) is 16.5. The van der Waals surface area contributed by atoms with Crippen LogP contribution in [0.5, 0.6) is 0 Å². The molecule has 1 N–H and O–H groups in total. The molecule has 1 aromatic heterocycles. The number of nitrogens with one attached hydrogen (secondary N) is 1. The number of aromatic amines is 1. The SMILES string of the molecule is COC([C@@H]1OC[C@](COCc2ccccc2)(O[Si](C)(C)C)[C@H]1OCc1ccccc1)n1cc(C)c(=O)[nH]c1=O. The second-order valence-electron chi connectivity index (χ2n) is 10.9. The third-order valence-electron chi connectivity index (χ3n) is 6.52. The molecule has 210 valence electrons. The Morgan fingerprint density at radius 2 is 1.64 bits per heavy atom. The fourth-order valence-electron chi connectivity index (χ4n) is 4.89. The molecular formula is C29H38N2O7Si. The van der Waals surface area contributed by atoms with Crippen LogP contribution < -0.4 is 11.2 Å². The van der Waals surface area contributed by atoms with E-state index in [0.717, 1.165) is 11.1 Å². The minimum Gasteiger partial charge on any atom is -0.405 e. The van der Waals surface area contributed by atoms with Gasteiger partial charge in [0, 0.05) is 18.9 Å². The zero-order valence-corrected chi connectivity index (χ0v) is 24.2. The van der Waals surface area contributed by atoms with Gasteiger partial charge in [-0.2, -0.15) is 0 Å². The number of H-pyrrole nitrogens is 1. The third kappa shape index (κ3) is 7.21. The molecule has 4 atom stereocenters. The average molecular weight is 555 g/mol. The Labute approximate surface area is 229 Å². The van der Waals surface area contributed by atoms with Crippen LogP contribution in [0, 0.1) is 6.92 Å². The quantitative estimate of drug-likeness (QED) is 0.340. The molecule has 1 unspecified atom stereocenters. The number of methoxy groups -OCH3 is 1. The van der Waals surface area contributed by atoms with Gasteiger partial charge in [-0.3, -0.25) is 14.3 Å². The molecule has 4 rings (SSSR count). The van der Waals surface area contributed by atoms with Crippen molar-refractivity contribution in [3.8, 4) is 0 Å². The molecule has 39 heavy (non-hydrogen) atoms. The van der Waals surface area contributed by atoms with E-state index in [4.69, 9.17) is 23.4 Å². The highest BCUT2D eigenvalue weighted by atomic mass is 28.4. The lowest BCUT2D eigenvalue weighted by Gasteiger charge is -2.40. The molecule has 10 heteroatoms. The largest absolute Gasteiger partial charge is 0.405 e. The van der Waals surface area contributed by atoms with E-state index in [1.54, 1.807) is 6.92 Å². The standard InChI is InChI=1S/C29H38N2O7Si/c1-21-16-31(28(33)30-26(21)32)27(34-2)24-25(36-18-23-14-10-7-11-15-23)29(20-37-24,38-39(3,4)5)19-35-17-22-12-8-6-9-13-22/h6-16,24-25,27H,17-20H2,1-5H3,(H,30,32,33)/t24-,25+,27?,29+/m1/s1. The molecule has 1 aliphatic rings. The molecule has 1 saturated heterocycles. The van der Waals surface area contributed by atoms with E-state index < -0.39 is 43.6 Å². The Morgan fingerprint density at radius 3 is 2.23 bits per heavy atom. The Morgan fingerprint density at radius 1 is 1.03 bits per heavy atom. The Hall–Kier alpha value is -2.86. The summed E-state index contributed by atoms with van der Waals surface area (Å²) in [5.74, 6) is 0. The summed E-state index contributed by atoms with van der Waals surface area (Å²) >= 11 is 0. The highest BCUT2D eigenvalue weighted by molar-refractivity contribution is 6.69. The lowest BCUT2D eigenvalue weighted by molar-refractivity contribution is -0.149. The second kappa shape index (κ2) is 12.5. The first-order chi connectivity index (χ1) is 18.6. The van der Waals surface area contributed by atoms with Crippen LogP contribution in [0.3, 0.4) is 0 Å². The molecule has 0 bridgehead atoms. The Kier molecular flexibility index (Phi) is 9.37. The van der Waals surface area contributed by atoms with Crippen molar-refractivity contribution >= 4 is 8.32 Å². The van der Waals surface area contributed by atoms with Crippen molar-refractivity contribution in [1.29, 1.82) is 0 Å². The zero-order chi connectivity index (χ0) is 28.0. The summed E-state index contributed by atoms with van der Waals surface area (Å²) in [6.07, 6.45) is -0.768. The lowest BCUT2D eigenvalue weighted by Crippen LogP contribution is -2.57. The fraction of sp³-hybridized carbons (Fsp3) is 0.448. The number of benzene rings is 2. The topological polar surface area (TPSA) is 101 Å². The minimum absolute atomic E-state index is 0.188. The minimum atomic E-state index is -2.15. The molecule has 0 spiro atoms. The summed E-state index contributed by atoms with van der Waals surface area (Å²) in [4.78, 5) is 27.2. The van der Waals surface area contributed by atoms with Gasteiger partial charge in [-0.25, -0.2) is 4.79 Å². The fourth-order valence-corrected chi connectivity index (χ4v) is 6.35. The first-order valence-electron chi connectivity index (χ1n) is 13.1. The Bertz CT molecular complexity index is 1320. The molecule has 1 aliphatic heterocycles. The van der Waals surface area contributed by atoms with E-state index in [1.165, 1.54) is 17.9 Å². The highest BCUT2D eigenvalue weighted by Gasteiger charge is 2.56. The van der Waals surface area contributed by atoms with Crippen LogP contribution in [0.25, 0.3) is 0 Å². The third-order valence-corrected chi connectivity index (χ3v) is 7.54. The molecule has 2 heterocycles. The summed E-state index contributed by atoms with van der Waals surface area (Å²) in [6.45, 7) is 9.07. The van der Waals surface area contributed by atoms with Crippen molar-refractivity contribution in [2.75, 3.05) is 20.3 Å². The number of aromatic nitrogens is 2. The van der Waals surface area contributed by atoms with E-state index in [1.807, 2.05) is 60.7 Å². The van der Waals surface area contributed by atoms with E-state index in [0.29, 0.717) is 18.8 Å². The van der Waals surface area contributed by atoms with Gasteiger partial charge in [-0.05, 0) is 37.7 Å². The maximum atomic E-state index is 12.8. The van der Waals surface area contributed by atoms with Crippen molar-refractivity contribution in [3.05, 3.63) is 104 Å². The van der Waals surface area contributed by atoms with Gasteiger partial charge in [-0.1, -0.05) is 60.7 Å². The van der Waals surface area contributed by atoms with Crippen molar-refractivity contribution in [1.82, 2.24) is 9.55 Å². The van der Waals surface area contributed by atoms with E-state index in [9.17, 15) is 9.59 Å². The van der Waals surface area contributed by atoms with Gasteiger partial charge in [0.15, 0.2) is 14.5 Å². The van der Waals surface area contributed by atoms with Crippen molar-refractivity contribution in [2.45, 2.75) is 63.8 Å². The summed E-state index contributed by atoms with van der Waals surface area (Å²) < 4.78 is 33.2. The molecular weight excluding hydrogens is 516 g/mol. The second-order valence-corrected chi connectivity index (χ2v) is 15.3. The predicted octanol–water partition coefficient (Wildman–Crippen LogP) is 3.78. The van der Waals surface area contributed by atoms with Gasteiger partial charge in [0.1, 0.15) is 17.8 Å². The predicted molar refractivity (Wildman–Crippen MR) is 150 cm³/mol.